The second kappa shape index (κ2) is 6.70. The smallest absolute Gasteiger partial charge is 0.204 e. The van der Waals surface area contributed by atoms with Gasteiger partial charge in [0.15, 0.2) is 0 Å². The average molecular weight is 340 g/mol. The lowest BCUT2D eigenvalue weighted by Gasteiger charge is -2.10. The monoisotopic (exact) mass is 340 g/mol. The molecule has 130 valence electrons. The van der Waals surface area contributed by atoms with Crippen molar-refractivity contribution in [3.63, 3.8) is 0 Å². The second-order valence-corrected chi connectivity index (χ2v) is 6.25. The number of allylic oxidation sites excluding steroid dienone is 1. The Morgan fingerprint density at radius 3 is 2.56 bits per heavy atom. The number of phenolic OH excluding ortho intramolecular Hbond substituents is 1. The van der Waals surface area contributed by atoms with Gasteiger partial charge in [0.05, 0.1) is 18.6 Å². The maximum Gasteiger partial charge on any atom is 0.204 e. The number of aliphatic hydroxyl groups is 2. The van der Waals surface area contributed by atoms with E-state index in [0.29, 0.717) is 28.7 Å². The summed E-state index contributed by atoms with van der Waals surface area (Å²) < 4.78 is 5.81. The molecule has 0 radical (unpaired) electrons. The number of aryl methyl sites for hydroxylation is 1. The molecule has 5 heteroatoms. The minimum absolute atomic E-state index is 0.0552. The van der Waals surface area contributed by atoms with Gasteiger partial charge in [-0.3, -0.25) is 4.79 Å². The molecule has 0 saturated heterocycles. The highest BCUT2D eigenvalue weighted by Gasteiger charge is 2.16. The number of aliphatic hydroxyl groups excluding tert-OH is 2. The van der Waals surface area contributed by atoms with Gasteiger partial charge >= 0.3 is 0 Å². The zero-order valence-electron chi connectivity index (χ0n) is 14.2. The van der Waals surface area contributed by atoms with E-state index in [1.54, 1.807) is 37.3 Å². The zero-order valence-corrected chi connectivity index (χ0v) is 14.2. The van der Waals surface area contributed by atoms with Gasteiger partial charge in [0.2, 0.25) is 5.43 Å². The molecule has 1 heterocycles. The van der Waals surface area contributed by atoms with Crippen LogP contribution in [0.3, 0.4) is 0 Å². The van der Waals surface area contributed by atoms with E-state index in [2.05, 4.69) is 0 Å². The molecular formula is C20H20O5. The SMILES string of the molecule is C/C(=C/Cc1ccc2oc3cc(C)cc(CO)c3c(=O)c2c1O)CO. The number of benzene rings is 2. The average Bonchev–Trinajstić information content (AvgIpc) is 2.59. The van der Waals surface area contributed by atoms with Crippen molar-refractivity contribution in [1.82, 2.24) is 0 Å². The van der Waals surface area contributed by atoms with E-state index in [1.807, 2.05) is 6.92 Å². The Morgan fingerprint density at radius 1 is 1.12 bits per heavy atom. The van der Waals surface area contributed by atoms with Gasteiger partial charge in [-0.15, -0.1) is 0 Å². The zero-order chi connectivity index (χ0) is 18.1. The molecule has 0 amide bonds. The highest BCUT2D eigenvalue weighted by Crippen LogP contribution is 2.31. The van der Waals surface area contributed by atoms with Crippen molar-refractivity contribution >= 4 is 21.9 Å². The molecule has 0 saturated carbocycles. The molecule has 0 atom stereocenters. The predicted octanol–water partition coefficient (Wildman–Crippen LogP) is 2.93. The number of hydrogen-bond acceptors (Lipinski definition) is 5. The molecule has 5 nitrogen and oxygen atoms in total. The molecule has 0 aliphatic carbocycles. The molecule has 3 N–H and O–H groups in total. The standard InChI is InChI=1S/C20H20O5/c1-11(9-21)3-4-13-5-6-15-18(19(13)23)20(24)17-14(10-22)7-12(2)8-16(17)25-15/h3,5-8,21-23H,4,9-10H2,1-2H3/b11-3-. The van der Waals surface area contributed by atoms with Crippen LogP contribution in [0.15, 0.2) is 45.1 Å². The van der Waals surface area contributed by atoms with Crippen LogP contribution in [0.2, 0.25) is 0 Å². The number of phenols is 1. The first-order chi connectivity index (χ1) is 12.0. The van der Waals surface area contributed by atoms with Gasteiger partial charge in [-0.25, -0.2) is 0 Å². The lowest BCUT2D eigenvalue weighted by Crippen LogP contribution is -2.07. The molecule has 0 fully saturated rings. The van der Waals surface area contributed by atoms with E-state index in [4.69, 9.17) is 9.52 Å². The van der Waals surface area contributed by atoms with Crippen LogP contribution in [0, 0.1) is 6.92 Å². The first-order valence-corrected chi connectivity index (χ1v) is 8.04. The van der Waals surface area contributed by atoms with Gasteiger partial charge in [-0.05, 0) is 49.1 Å². The molecule has 0 bridgehead atoms. The largest absolute Gasteiger partial charge is 0.507 e. The summed E-state index contributed by atoms with van der Waals surface area (Å²) in [6.45, 7) is 3.31. The van der Waals surface area contributed by atoms with E-state index >= 15 is 0 Å². The van der Waals surface area contributed by atoms with Crippen molar-refractivity contribution < 1.29 is 19.7 Å². The van der Waals surface area contributed by atoms with Crippen molar-refractivity contribution in [2.24, 2.45) is 0 Å². The van der Waals surface area contributed by atoms with Crippen molar-refractivity contribution in [2.75, 3.05) is 6.61 Å². The van der Waals surface area contributed by atoms with Crippen LogP contribution in [-0.4, -0.2) is 21.9 Å². The summed E-state index contributed by atoms with van der Waals surface area (Å²) >= 11 is 0. The fraction of sp³-hybridized carbons (Fsp3) is 0.250. The van der Waals surface area contributed by atoms with Gasteiger partial charge in [0.1, 0.15) is 22.3 Å². The maximum atomic E-state index is 13.0. The Morgan fingerprint density at radius 2 is 1.88 bits per heavy atom. The van der Waals surface area contributed by atoms with Crippen LogP contribution >= 0.6 is 0 Å². The number of fused-ring (bicyclic) bond motifs is 2. The number of rotatable bonds is 4. The molecule has 0 aliphatic heterocycles. The van der Waals surface area contributed by atoms with E-state index in [0.717, 1.165) is 11.1 Å². The summed E-state index contributed by atoms with van der Waals surface area (Å²) in [5, 5.41) is 29.6. The summed E-state index contributed by atoms with van der Waals surface area (Å²) in [7, 11) is 0. The van der Waals surface area contributed by atoms with Crippen LogP contribution in [0.1, 0.15) is 23.6 Å². The Balaban J connectivity index is 2.31. The Bertz CT molecular complexity index is 1040. The Kier molecular flexibility index (Phi) is 4.61. The van der Waals surface area contributed by atoms with E-state index < -0.39 is 0 Å². The highest BCUT2D eigenvalue weighted by molar-refractivity contribution is 5.95. The molecule has 1 aromatic heterocycles. The van der Waals surface area contributed by atoms with E-state index in [1.165, 1.54) is 0 Å². The first kappa shape index (κ1) is 17.2. The third-order valence-corrected chi connectivity index (χ3v) is 4.32. The summed E-state index contributed by atoms with van der Waals surface area (Å²) in [5.74, 6) is -0.125. The third-order valence-electron chi connectivity index (χ3n) is 4.32. The molecule has 3 aromatic rings. The summed E-state index contributed by atoms with van der Waals surface area (Å²) in [6.07, 6.45) is 2.19. The molecule has 25 heavy (non-hydrogen) atoms. The van der Waals surface area contributed by atoms with Gasteiger partial charge in [-0.1, -0.05) is 23.8 Å². The molecule has 0 unspecified atom stereocenters. The van der Waals surface area contributed by atoms with Crippen LogP contribution in [0.5, 0.6) is 5.75 Å². The van der Waals surface area contributed by atoms with E-state index in [-0.39, 0.29) is 35.2 Å². The van der Waals surface area contributed by atoms with Crippen LogP contribution in [-0.2, 0) is 13.0 Å². The quantitative estimate of drug-likeness (QED) is 0.502. The number of aromatic hydroxyl groups is 1. The fourth-order valence-corrected chi connectivity index (χ4v) is 2.97. The van der Waals surface area contributed by atoms with Crippen molar-refractivity contribution in [3.8, 4) is 5.75 Å². The molecular weight excluding hydrogens is 320 g/mol. The minimum Gasteiger partial charge on any atom is -0.507 e. The van der Waals surface area contributed by atoms with Crippen molar-refractivity contribution in [1.29, 1.82) is 0 Å². The molecule has 2 aromatic carbocycles. The van der Waals surface area contributed by atoms with Gasteiger partial charge in [-0.2, -0.15) is 0 Å². The van der Waals surface area contributed by atoms with Crippen LogP contribution in [0.25, 0.3) is 21.9 Å². The van der Waals surface area contributed by atoms with Crippen LogP contribution in [0.4, 0.5) is 0 Å². The van der Waals surface area contributed by atoms with Gasteiger partial charge in [0.25, 0.3) is 0 Å². The fourth-order valence-electron chi connectivity index (χ4n) is 2.97. The first-order valence-electron chi connectivity index (χ1n) is 8.04. The predicted molar refractivity (Wildman–Crippen MR) is 96.9 cm³/mol. The highest BCUT2D eigenvalue weighted by atomic mass is 16.3. The summed E-state index contributed by atoms with van der Waals surface area (Å²) in [4.78, 5) is 13.0. The Hall–Kier alpha value is -2.63. The van der Waals surface area contributed by atoms with Gasteiger partial charge < -0.3 is 19.7 Å². The summed E-state index contributed by atoms with van der Waals surface area (Å²) in [6, 6.07) is 6.84. The third kappa shape index (κ3) is 3.04. The summed E-state index contributed by atoms with van der Waals surface area (Å²) in [5.41, 5.74) is 3.05. The van der Waals surface area contributed by atoms with Crippen molar-refractivity contribution in [2.45, 2.75) is 26.9 Å². The second-order valence-electron chi connectivity index (χ2n) is 6.25. The topological polar surface area (TPSA) is 90.9 Å². The van der Waals surface area contributed by atoms with Crippen LogP contribution < -0.4 is 5.43 Å². The Labute approximate surface area is 144 Å². The minimum atomic E-state index is -0.359. The lowest BCUT2D eigenvalue weighted by molar-refractivity contribution is 0.283. The normalized spacial score (nSPS) is 12.2. The maximum absolute atomic E-state index is 13.0. The lowest BCUT2D eigenvalue weighted by atomic mass is 10.0. The molecule has 0 aliphatic rings. The number of hydrogen-bond donors (Lipinski definition) is 3. The molecule has 3 rings (SSSR count). The van der Waals surface area contributed by atoms with Crippen molar-refractivity contribution in [3.05, 3.63) is 62.8 Å². The molecule has 0 spiro atoms. The van der Waals surface area contributed by atoms with Gasteiger partial charge in [0, 0.05) is 0 Å². The van der Waals surface area contributed by atoms with E-state index in [9.17, 15) is 15.0 Å².